The fourth-order valence-electron chi connectivity index (χ4n) is 0.655. The first kappa shape index (κ1) is 10.2. The first-order valence-corrected chi connectivity index (χ1v) is 6.85. The molecule has 2 heteroatoms. The van der Waals surface area contributed by atoms with E-state index in [9.17, 15) is 0 Å². The van der Waals surface area contributed by atoms with E-state index in [1.165, 1.54) is 0 Å². The molecule has 0 aliphatic heterocycles. The van der Waals surface area contributed by atoms with E-state index in [2.05, 4.69) is 33.9 Å². The normalized spacial score (nSPS) is 13.2. The SMILES string of the molecule is [CH2]C(C)O[Si](C)(C)C(C)C. The Morgan fingerprint density at radius 3 is 1.70 bits per heavy atom. The molecule has 0 saturated carbocycles. The summed E-state index contributed by atoms with van der Waals surface area (Å²) in [5.41, 5.74) is 0.677. The van der Waals surface area contributed by atoms with Gasteiger partial charge in [0.2, 0.25) is 0 Å². The molecule has 1 radical (unpaired) electrons. The third-order valence-corrected chi connectivity index (χ3v) is 5.69. The Morgan fingerprint density at radius 1 is 1.20 bits per heavy atom. The summed E-state index contributed by atoms with van der Waals surface area (Å²) >= 11 is 0. The van der Waals surface area contributed by atoms with Crippen LogP contribution in [-0.4, -0.2) is 14.4 Å². The highest BCUT2D eigenvalue weighted by Gasteiger charge is 2.27. The minimum atomic E-state index is -1.41. The molecule has 10 heavy (non-hydrogen) atoms. The fourth-order valence-corrected chi connectivity index (χ4v) is 1.96. The van der Waals surface area contributed by atoms with Gasteiger partial charge in [-0.2, -0.15) is 0 Å². The van der Waals surface area contributed by atoms with Gasteiger partial charge in [0.1, 0.15) is 0 Å². The molecule has 0 bridgehead atoms. The van der Waals surface area contributed by atoms with Crippen molar-refractivity contribution in [1.82, 2.24) is 0 Å². The molecule has 0 heterocycles. The molecule has 61 valence electrons. The van der Waals surface area contributed by atoms with Gasteiger partial charge in [0, 0.05) is 6.10 Å². The number of hydrogen-bond donors (Lipinski definition) is 0. The van der Waals surface area contributed by atoms with Crippen molar-refractivity contribution >= 4 is 8.32 Å². The van der Waals surface area contributed by atoms with Crippen LogP contribution in [0.1, 0.15) is 20.8 Å². The quantitative estimate of drug-likeness (QED) is 0.575. The molecule has 1 unspecified atom stereocenters. The molecule has 0 aliphatic carbocycles. The Balaban J connectivity index is 3.87. The maximum Gasteiger partial charge on any atom is 0.189 e. The molecule has 1 atom stereocenters. The molecule has 0 aliphatic rings. The lowest BCUT2D eigenvalue weighted by Crippen LogP contribution is -2.36. The van der Waals surface area contributed by atoms with Crippen LogP contribution in [-0.2, 0) is 4.43 Å². The van der Waals surface area contributed by atoms with Crippen LogP contribution in [0.3, 0.4) is 0 Å². The van der Waals surface area contributed by atoms with Crippen molar-refractivity contribution in [2.24, 2.45) is 0 Å². The number of rotatable bonds is 3. The van der Waals surface area contributed by atoms with Gasteiger partial charge in [-0.25, -0.2) is 0 Å². The Bertz CT molecular complexity index is 97.4. The Morgan fingerprint density at radius 2 is 1.60 bits per heavy atom. The van der Waals surface area contributed by atoms with Gasteiger partial charge >= 0.3 is 0 Å². The zero-order valence-electron chi connectivity index (χ0n) is 7.77. The summed E-state index contributed by atoms with van der Waals surface area (Å²) in [5.74, 6) is 0. The van der Waals surface area contributed by atoms with E-state index in [-0.39, 0.29) is 6.10 Å². The molecule has 0 saturated heterocycles. The Kier molecular flexibility index (Phi) is 3.60. The van der Waals surface area contributed by atoms with E-state index in [0.717, 1.165) is 0 Å². The van der Waals surface area contributed by atoms with Gasteiger partial charge in [-0.05, 0) is 32.5 Å². The third kappa shape index (κ3) is 3.37. The van der Waals surface area contributed by atoms with Crippen molar-refractivity contribution in [3.05, 3.63) is 6.92 Å². The molecule has 0 N–H and O–H groups in total. The maximum atomic E-state index is 5.73. The van der Waals surface area contributed by atoms with Crippen LogP contribution in [0.4, 0.5) is 0 Å². The fraction of sp³-hybridized carbons (Fsp3) is 0.875. The van der Waals surface area contributed by atoms with Crippen LogP contribution >= 0.6 is 0 Å². The minimum absolute atomic E-state index is 0.143. The summed E-state index contributed by atoms with van der Waals surface area (Å²) in [6.45, 7) is 14.7. The monoisotopic (exact) mass is 159 g/mol. The van der Waals surface area contributed by atoms with Crippen molar-refractivity contribution in [3.8, 4) is 0 Å². The van der Waals surface area contributed by atoms with Gasteiger partial charge < -0.3 is 4.43 Å². The smallest absolute Gasteiger partial charge is 0.189 e. The van der Waals surface area contributed by atoms with Crippen molar-refractivity contribution < 1.29 is 4.43 Å². The summed E-state index contributed by atoms with van der Waals surface area (Å²) in [6.07, 6.45) is 0.143. The van der Waals surface area contributed by atoms with E-state index in [1.807, 2.05) is 6.92 Å². The lowest BCUT2D eigenvalue weighted by atomic mass is 10.5. The van der Waals surface area contributed by atoms with E-state index >= 15 is 0 Å². The highest BCUT2D eigenvalue weighted by molar-refractivity contribution is 6.72. The predicted octanol–water partition coefficient (Wildman–Crippen LogP) is 2.84. The molecule has 1 nitrogen and oxygen atoms in total. The van der Waals surface area contributed by atoms with Crippen LogP contribution in [0.5, 0.6) is 0 Å². The first-order chi connectivity index (χ1) is 4.36. The second-order valence-electron chi connectivity index (χ2n) is 3.69. The molecule has 0 amide bonds. The van der Waals surface area contributed by atoms with Crippen LogP contribution in [0.25, 0.3) is 0 Å². The van der Waals surface area contributed by atoms with E-state index in [1.54, 1.807) is 0 Å². The van der Waals surface area contributed by atoms with Gasteiger partial charge in [0.05, 0.1) is 0 Å². The van der Waals surface area contributed by atoms with E-state index in [4.69, 9.17) is 4.43 Å². The van der Waals surface area contributed by atoms with Gasteiger partial charge in [-0.3, -0.25) is 0 Å². The molecule has 0 spiro atoms. The van der Waals surface area contributed by atoms with E-state index in [0.29, 0.717) is 5.54 Å². The molecule has 0 aromatic heterocycles. The zero-order chi connectivity index (χ0) is 8.36. The average Bonchev–Trinajstić information content (AvgIpc) is 1.60. The highest BCUT2D eigenvalue weighted by Crippen LogP contribution is 2.22. The van der Waals surface area contributed by atoms with Gasteiger partial charge in [-0.1, -0.05) is 13.8 Å². The Hall–Kier alpha value is 0.177. The van der Waals surface area contributed by atoms with Crippen molar-refractivity contribution in [2.75, 3.05) is 0 Å². The lowest BCUT2D eigenvalue weighted by molar-refractivity contribution is 0.251. The molecule has 0 fully saturated rings. The highest BCUT2D eigenvalue weighted by atomic mass is 28.4. The van der Waals surface area contributed by atoms with Gasteiger partial charge in [0.25, 0.3) is 0 Å². The standard InChI is InChI=1S/C8H19OSi/c1-7(2)9-10(5,6)8(3)4/h7-8H,1H2,2-6H3. The third-order valence-electron chi connectivity index (χ3n) is 1.90. The van der Waals surface area contributed by atoms with Crippen LogP contribution in [0, 0.1) is 6.92 Å². The Labute approximate surface area is 65.9 Å². The molecular weight excluding hydrogens is 140 g/mol. The summed E-state index contributed by atoms with van der Waals surface area (Å²) in [7, 11) is -1.41. The lowest BCUT2D eigenvalue weighted by Gasteiger charge is -2.29. The summed E-state index contributed by atoms with van der Waals surface area (Å²) in [5, 5.41) is 0. The average molecular weight is 159 g/mol. The minimum Gasteiger partial charge on any atom is -0.414 e. The van der Waals surface area contributed by atoms with Crippen LogP contribution in [0.15, 0.2) is 0 Å². The zero-order valence-corrected chi connectivity index (χ0v) is 8.77. The summed E-state index contributed by atoms with van der Waals surface area (Å²) < 4.78 is 5.73. The van der Waals surface area contributed by atoms with Gasteiger partial charge in [0.15, 0.2) is 8.32 Å². The van der Waals surface area contributed by atoms with Crippen LogP contribution in [0.2, 0.25) is 18.6 Å². The second-order valence-corrected chi connectivity index (χ2v) is 8.28. The molecule has 0 aromatic rings. The predicted molar refractivity (Wildman–Crippen MR) is 48.5 cm³/mol. The van der Waals surface area contributed by atoms with Crippen LogP contribution < -0.4 is 0 Å². The van der Waals surface area contributed by atoms with Crippen molar-refractivity contribution in [1.29, 1.82) is 0 Å². The maximum absolute atomic E-state index is 5.73. The molecule has 0 rings (SSSR count). The summed E-state index contributed by atoms with van der Waals surface area (Å²) in [6, 6.07) is 0. The van der Waals surface area contributed by atoms with Crippen molar-refractivity contribution in [2.45, 2.75) is 45.5 Å². The van der Waals surface area contributed by atoms with Crippen molar-refractivity contribution in [3.63, 3.8) is 0 Å². The van der Waals surface area contributed by atoms with E-state index < -0.39 is 8.32 Å². The largest absolute Gasteiger partial charge is 0.414 e. The topological polar surface area (TPSA) is 9.23 Å². The molecular formula is C8H19OSi. The number of hydrogen-bond acceptors (Lipinski definition) is 1. The molecule has 0 aromatic carbocycles. The summed E-state index contributed by atoms with van der Waals surface area (Å²) in [4.78, 5) is 0. The van der Waals surface area contributed by atoms with Gasteiger partial charge in [-0.15, -0.1) is 0 Å². The second kappa shape index (κ2) is 3.53. The first-order valence-electron chi connectivity index (χ1n) is 3.87.